The van der Waals surface area contributed by atoms with Crippen molar-refractivity contribution in [2.75, 3.05) is 0 Å². The third-order valence-electron chi connectivity index (χ3n) is 4.64. The predicted molar refractivity (Wildman–Crippen MR) is 108 cm³/mol. The van der Waals surface area contributed by atoms with Crippen LogP contribution in [-0.4, -0.2) is 17.9 Å². The fraction of sp³-hybridized carbons (Fsp3) is 0.304. The summed E-state index contributed by atoms with van der Waals surface area (Å²) in [7, 11) is 0. The van der Waals surface area contributed by atoms with Crippen molar-refractivity contribution in [3.8, 4) is 0 Å². The number of rotatable bonds is 7. The van der Waals surface area contributed by atoms with Gasteiger partial charge in [-0.3, -0.25) is 9.59 Å². The first-order valence-electron chi connectivity index (χ1n) is 9.47. The van der Waals surface area contributed by atoms with Crippen LogP contribution in [-0.2, 0) is 4.79 Å². The van der Waals surface area contributed by atoms with E-state index >= 15 is 0 Å². The Morgan fingerprint density at radius 2 is 1.67 bits per heavy atom. The Morgan fingerprint density at radius 3 is 2.26 bits per heavy atom. The third-order valence-corrected chi connectivity index (χ3v) is 4.64. The average Bonchev–Trinajstić information content (AvgIpc) is 3.49. The van der Waals surface area contributed by atoms with Crippen molar-refractivity contribution in [1.29, 1.82) is 0 Å². The zero-order valence-electron chi connectivity index (χ0n) is 15.8. The van der Waals surface area contributed by atoms with E-state index in [0.29, 0.717) is 11.6 Å². The Morgan fingerprint density at radius 1 is 1.00 bits per heavy atom. The van der Waals surface area contributed by atoms with Crippen LogP contribution in [0.15, 0.2) is 60.7 Å². The van der Waals surface area contributed by atoms with Gasteiger partial charge in [-0.2, -0.15) is 0 Å². The largest absolute Gasteiger partial charge is 0.349 e. The molecule has 0 heterocycles. The van der Waals surface area contributed by atoms with Gasteiger partial charge in [0.1, 0.15) is 0 Å². The fourth-order valence-electron chi connectivity index (χ4n) is 2.91. The molecule has 2 N–H and O–H groups in total. The van der Waals surface area contributed by atoms with Gasteiger partial charge in [0.15, 0.2) is 0 Å². The number of hydrogen-bond donors (Lipinski definition) is 2. The van der Waals surface area contributed by atoms with Gasteiger partial charge >= 0.3 is 0 Å². The van der Waals surface area contributed by atoms with Crippen molar-refractivity contribution in [3.05, 3.63) is 77.4 Å². The van der Waals surface area contributed by atoms with Crippen molar-refractivity contribution >= 4 is 17.9 Å². The normalized spacial score (nSPS) is 14.9. The van der Waals surface area contributed by atoms with Crippen molar-refractivity contribution in [2.45, 2.75) is 38.8 Å². The highest BCUT2D eigenvalue weighted by molar-refractivity contribution is 5.95. The molecule has 0 saturated heterocycles. The lowest BCUT2D eigenvalue weighted by Crippen LogP contribution is -2.30. The van der Waals surface area contributed by atoms with Gasteiger partial charge in [-0.1, -0.05) is 56.3 Å². The Balaban J connectivity index is 1.59. The number of benzene rings is 2. The molecule has 1 aliphatic rings. The first-order chi connectivity index (χ1) is 13.0. The van der Waals surface area contributed by atoms with Crippen molar-refractivity contribution in [2.24, 2.45) is 5.92 Å². The number of hydrogen-bond acceptors (Lipinski definition) is 2. The van der Waals surface area contributed by atoms with Crippen LogP contribution in [0.25, 0.3) is 6.08 Å². The fourth-order valence-corrected chi connectivity index (χ4v) is 2.91. The number of carbonyl (C=O) groups excluding carboxylic acids is 2. The minimum Gasteiger partial charge on any atom is -0.349 e. The molecular formula is C23H26N2O2. The van der Waals surface area contributed by atoms with Crippen LogP contribution in [0.3, 0.4) is 0 Å². The van der Waals surface area contributed by atoms with Gasteiger partial charge in [-0.05, 0) is 48.1 Å². The maximum Gasteiger partial charge on any atom is 0.251 e. The Hall–Kier alpha value is -2.88. The van der Waals surface area contributed by atoms with E-state index < -0.39 is 0 Å². The molecule has 27 heavy (non-hydrogen) atoms. The summed E-state index contributed by atoms with van der Waals surface area (Å²) in [5.74, 6) is 0.121. The lowest BCUT2D eigenvalue weighted by molar-refractivity contribution is -0.117. The van der Waals surface area contributed by atoms with Gasteiger partial charge in [-0.25, -0.2) is 0 Å². The molecule has 1 saturated carbocycles. The van der Waals surface area contributed by atoms with Crippen LogP contribution in [0.2, 0.25) is 0 Å². The highest BCUT2D eigenvalue weighted by atomic mass is 16.2. The minimum absolute atomic E-state index is 0.0307. The lowest BCUT2D eigenvalue weighted by atomic mass is 9.96. The van der Waals surface area contributed by atoms with E-state index in [2.05, 4.69) is 24.5 Å². The first kappa shape index (κ1) is 18.9. The molecule has 0 aliphatic heterocycles. The van der Waals surface area contributed by atoms with Crippen LogP contribution in [0.5, 0.6) is 0 Å². The number of nitrogens with one attached hydrogen (secondary N) is 2. The molecule has 1 unspecified atom stereocenters. The topological polar surface area (TPSA) is 58.2 Å². The van der Waals surface area contributed by atoms with Gasteiger partial charge in [-0.15, -0.1) is 0 Å². The molecule has 2 aromatic carbocycles. The molecule has 0 aromatic heterocycles. The Kier molecular flexibility index (Phi) is 6.07. The summed E-state index contributed by atoms with van der Waals surface area (Å²) in [5.41, 5.74) is 2.63. The molecule has 1 fully saturated rings. The summed E-state index contributed by atoms with van der Waals surface area (Å²) >= 11 is 0. The van der Waals surface area contributed by atoms with Gasteiger partial charge in [0.25, 0.3) is 5.91 Å². The second kappa shape index (κ2) is 8.67. The number of amides is 2. The standard InChI is InChI=1S/C23H26N2O2/c1-16(2)22(18-6-4-3-5-7-18)25-21(26)15-10-17-8-11-19(12-9-17)23(27)24-20-13-14-20/h3-12,15-16,20,22H,13-14H2,1-2H3,(H,24,27)(H,25,26)/b15-10+. The van der Waals surface area contributed by atoms with Gasteiger partial charge in [0.05, 0.1) is 6.04 Å². The van der Waals surface area contributed by atoms with E-state index in [1.165, 1.54) is 6.08 Å². The van der Waals surface area contributed by atoms with Crippen LogP contribution in [0.1, 0.15) is 54.2 Å². The predicted octanol–water partition coefficient (Wildman–Crippen LogP) is 4.11. The zero-order valence-corrected chi connectivity index (χ0v) is 15.8. The average molecular weight is 362 g/mol. The van der Waals surface area contributed by atoms with Crippen molar-refractivity contribution in [3.63, 3.8) is 0 Å². The van der Waals surface area contributed by atoms with Crippen LogP contribution < -0.4 is 10.6 Å². The summed E-state index contributed by atoms with van der Waals surface area (Å²) in [6.45, 7) is 4.18. The summed E-state index contributed by atoms with van der Waals surface area (Å²) in [6.07, 6.45) is 5.45. The highest BCUT2D eigenvalue weighted by Crippen LogP contribution is 2.21. The molecule has 2 amide bonds. The van der Waals surface area contributed by atoms with E-state index in [1.54, 1.807) is 18.2 Å². The van der Waals surface area contributed by atoms with E-state index in [0.717, 1.165) is 24.0 Å². The zero-order chi connectivity index (χ0) is 19.2. The van der Waals surface area contributed by atoms with Crippen molar-refractivity contribution < 1.29 is 9.59 Å². The number of carbonyl (C=O) groups is 2. The van der Waals surface area contributed by atoms with E-state index in [9.17, 15) is 9.59 Å². The molecule has 4 nitrogen and oxygen atoms in total. The molecule has 1 atom stereocenters. The monoisotopic (exact) mass is 362 g/mol. The minimum atomic E-state index is -0.131. The molecule has 0 spiro atoms. The molecule has 3 rings (SSSR count). The second-order valence-electron chi connectivity index (χ2n) is 7.34. The molecule has 1 aliphatic carbocycles. The van der Waals surface area contributed by atoms with E-state index in [1.807, 2.05) is 42.5 Å². The molecule has 0 radical (unpaired) electrons. The van der Waals surface area contributed by atoms with Crippen LogP contribution in [0, 0.1) is 5.92 Å². The summed E-state index contributed by atoms with van der Waals surface area (Å²) < 4.78 is 0. The molecular weight excluding hydrogens is 336 g/mol. The van der Waals surface area contributed by atoms with E-state index in [4.69, 9.17) is 0 Å². The van der Waals surface area contributed by atoms with E-state index in [-0.39, 0.29) is 23.8 Å². The summed E-state index contributed by atoms with van der Waals surface area (Å²) in [6, 6.07) is 17.6. The highest BCUT2D eigenvalue weighted by Gasteiger charge is 2.23. The molecule has 140 valence electrons. The Labute approximate surface area is 160 Å². The van der Waals surface area contributed by atoms with Gasteiger partial charge < -0.3 is 10.6 Å². The smallest absolute Gasteiger partial charge is 0.251 e. The van der Waals surface area contributed by atoms with Crippen LogP contribution in [0.4, 0.5) is 0 Å². The lowest BCUT2D eigenvalue weighted by Gasteiger charge is -2.22. The SMILES string of the molecule is CC(C)C(NC(=O)/C=C/c1ccc(C(=O)NC2CC2)cc1)c1ccccc1. The second-order valence-corrected chi connectivity index (χ2v) is 7.34. The maximum absolute atomic E-state index is 12.3. The van der Waals surface area contributed by atoms with Gasteiger partial charge in [0.2, 0.25) is 5.91 Å². The third kappa shape index (κ3) is 5.55. The van der Waals surface area contributed by atoms with Crippen LogP contribution >= 0.6 is 0 Å². The summed E-state index contributed by atoms with van der Waals surface area (Å²) in [4.78, 5) is 24.3. The Bertz CT molecular complexity index is 806. The molecule has 0 bridgehead atoms. The van der Waals surface area contributed by atoms with Gasteiger partial charge in [0, 0.05) is 17.7 Å². The quantitative estimate of drug-likeness (QED) is 0.729. The molecule has 4 heteroatoms. The first-order valence-corrected chi connectivity index (χ1v) is 9.47. The van der Waals surface area contributed by atoms with Crippen molar-refractivity contribution in [1.82, 2.24) is 10.6 Å². The molecule has 2 aromatic rings. The summed E-state index contributed by atoms with van der Waals surface area (Å²) in [5, 5.41) is 6.04. The maximum atomic E-state index is 12.3.